The van der Waals surface area contributed by atoms with Crippen LogP contribution >= 0.6 is 0 Å². The molecule has 4 heteroatoms. The van der Waals surface area contributed by atoms with E-state index in [0.29, 0.717) is 6.61 Å². The number of esters is 2. The molecule has 4 aromatic rings. The molecular weight excluding hydrogens is 484 g/mol. The average Bonchev–Trinajstić information content (AvgIpc) is 2.99. The summed E-state index contributed by atoms with van der Waals surface area (Å²) in [6.45, 7) is 4.49. The maximum atomic E-state index is 11.9. The highest BCUT2D eigenvalue weighted by Crippen LogP contribution is 2.17. The second-order valence-electron chi connectivity index (χ2n) is 8.91. The van der Waals surface area contributed by atoms with Crippen molar-refractivity contribution in [1.29, 1.82) is 0 Å². The van der Waals surface area contributed by atoms with Crippen molar-refractivity contribution in [3.8, 4) is 0 Å². The highest BCUT2D eigenvalue weighted by atomic mass is 16.5. The summed E-state index contributed by atoms with van der Waals surface area (Å²) >= 11 is 0. The zero-order chi connectivity index (χ0) is 27.7. The Hall–Kier alpha value is -4.70. The van der Waals surface area contributed by atoms with Gasteiger partial charge in [0.25, 0.3) is 0 Å². The molecule has 4 aromatic carbocycles. The molecule has 0 amide bonds. The monoisotopic (exact) mass is 518 g/mol. The molecule has 0 radical (unpaired) electrons. The molecule has 0 aliphatic rings. The first-order valence-electron chi connectivity index (χ1n) is 12.9. The standard InChI is InChI=1S/C19H18O2.C16H16O2/c1-16-9-11-18(12-10-16)13-14-19(20)21-15-5-8-17-6-3-2-4-7-17;1-13(15-10-6-3-7-11-15)16(17)18-12-14-8-4-2-5-9-14/h2-14H,15H2,1H3;2-11,13H,12H2,1H3. The lowest BCUT2D eigenvalue weighted by Gasteiger charge is -2.11. The summed E-state index contributed by atoms with van der Waals surface area (Å²) in [6.07, 6.45) is 6.95. The molecule has 39 heavy (non-hydrogen) atoms. The number of carbonyl (C=O) groups excluding carboxylic acids is 2. The van der Waals surface area contributed by atoms with Crippen molar-refractivity contribution in [3.05, 3.63) is 155 Å². The first-order valence-corrected chi connectivity index (χ1v) is 12.9. The molecule has 4 nitrogen and oxygen atoms in total. The van der Waals surface area contributed by atoms with Gasteiger partial charge in [0.2, 0.25) is 0 Å². The molecule has 198 valence electrons. The summed E-state index contributed by atoms with van der Waals surface area (Å²) in [5.74, 6) is -0.756. The normalized spacial score (nSPS) is 11.4. The Balaban J connectivity index is 0.000000218. The third kappa shape index (κ3) is 11.1. The summed E-state index contributed by atoms with van der Waals surface area (Å²) in [5.41, 5.74) is 5.25. The molecule has 0 saturated heterocycles. The van der Waals surface area contributed by atoms with Gasteiger partial charge in [0.1, 0.15) is 13.2 Å². The lowest BCUT2D eigenvalue weighted by atomic mass is 10.0. The van der Waals surface area contributed by atoms with Crippen LogP contribution in [0.2, 0.25) is 0 Å². The first-order chi connectivity index (χ1) is 19.0. The van der Waals surface area contributed by atoms with Gasteiger partial charge >= 0.3 is 11.9 Å². The van der Waals surface area contributed by atoms with Crippen LogP contribution in [0.5, 0.6) is 0 Å². The Bertz CT molecular complexity index is 1330. The van der Waals surface area contributed by atoms with Gasteiger partial charge in [-0.2, -0.15) is 0 Å². The fourth-order valence-corrected chi connectivity index (χ4v) is 3.50. The average molecular weight is 519 g/mol. The van der Waals surface area contributed by atoms with Crippen LogP contribution in [0.25, 0.3) is 12.2 Å². The Morgan fingerprint density at radius 2 is 1.26 bits per heavy atom. The third-order valence-electron chi connectivity index (χ3n) is 5.80. The van der Waals surface area contributed by atoms with Crippen LogP contribution in [0.3, 0.4) is 0 Å². The van der Waals surface area contributed by atoms with Crippen LogP contribution in [0, 0.1) is 6.92 Å². The Morgan fingerprint density at radius 1 is 0.692 bits per heavy atom. The summed E-state index contributed by atoms with van der Waals surface area (Å²) < 4.78 is 10.4. The first kappa shape index (κ1) is 28.9. The summed E-state index contributed by atoms with van der Waals surface area (Å²) in [5, 5.41) is 0. The lowest BCUT2D eigenvalue weighted by molar-refractivity contribution is -0.146. The lowest BCUT2D eigenvalue weighted by Crippen LogP contribution is -2.13. The Labute approximate surface area is 231 Å². The van der Waals surface area contributed by atoms with Crippen molar-refractivity contribution < 1.29 is 19.1 Å². The van der Waals surface area contributed by atoms with Crippen LogP contribution in [-0.2, 0) is 25.7 Å². The van der Waals surface area contributed by atoms with Gasteiger partial charge in [0.05, 0.1) is 5.92 Å². The number of hydrogen-bond donors (Lipinski definition) is 0. The van der Waals surface area contributed by atoms with Crippen molar-refractivity contribution in [1.82, 2.24) is 0 Å². The van der Waals surface area contributed by atoms with E-state index in [-0.39, 0.29) is 24.5 Å². The highest BCUT2D eigenvalue weighted by molar-refractivity contribution is 5.87. The largest absolute Gasteiger partial charge is 0.460 e. The maximum Gasteiger partial charge on any atom is 0.331 e. The summed E-state index contributed by atoms with van der Waals surface area (Å²) in [7, 11) is 0. The van der Waals surface area contributed by atoms with Crippen molar-refractivity contribution in [2.24, 2.45) is 0 Å². The van der Waals surface area contributed by atoms with Crippen LogP contribution < -0.4 is 0 Å². The molecule has 0 bridgehead atoms. The fraction of sp³-hybridized carbons (Fsp3) is 0.143. The smallest absolute Gasteiger partial charge is 0.331 e. The molecule has 0 aliphatic carbocycles. The minimum atomic E-state index is -0.340. The number of rotatable bonds is 9. The summed E-state index contributed by atoms with van der Waals surface area (Å²) in [6, 6.07) is 37.2. The van der Waals surface area contributed by atoms with Crippen LogP contribution in [-0.4, -0.2) is 18.5 Å². The fourth-order valence-electron chi connectivity index (χ4n) is 3.50. The number of carbonyl (C=O) groups is 2. The quantitative estimate of drug-likeness (QED) is 0.168. The van der Waals surface area contributed by atoms with Crippen molar-refractivity contribution in [2.45, 2.75) is 26.4 Å². The molecule has 0 heterocycles. The molecule has 1 unspecified atom stereocenters. The number of hydrogen-bond acceptors (Lipinski definition) is 4. The van der Waals surface area contributed by atoms with Gasteiger partial charge in [-0.1, -0.05) is 127 Å². The van der Waals surface area contributed by atoms with Crippen LogP contribution in [0.1, 0.15) is 40.7 Å². The zero-order valence-corrected chi connectivity index (χ0v) is 22.4. The minimum Gasteiger partial charge on any atom is -0.460 e. The second kappa shape index (κ2) is 16.2. The van der Waals surface area contributed by atoms with E-state index in [1.165, 1.54) is 11.6 Å². The zero-order valence-electron chi connectivity index (χ0n) is 22.4. The van der Waals surface area contributed by atoms with Crippen molar-refractivity contribution >= 4 is 24.1 Å². The minimum absolute atomic E-state index is 0.190. The van der Waals surface area contributed by atoms with E-state index in [2.05, 4.69) is 0 Å². The Kier molecular flexibility index (Phi) is 12.0. The molecule has 0 spiro atoms. The predicted octanol–water partition coefficient (Wildman–Crippen LogP) is 7.80. The van der Waals surface area contributed by atoms with Gasteiger partial charge < -0.3 is 9.47 Å². The van der Waals surface area contributed by atoms with Gasteiger partial charge in [-0.25, -0.2) is 4.79 Å². The van der Waals surface area contributed by atoms with E-state index < -0.39 is 0 Å². The van der Waals surface area contributed by atoms with E-state index in [4.69, 9.17) is 9.47 Å². The Morgan fingerprint density at radius 3 is 1.90 bits per heavy atom. The van der Waals surface area contributed by atoms with Crippen molar-refractivity contribution in [2.75, 3.05) is 6.61 Å². The predicted molar refractivity (Wildman–Crippen MR) is 158 cm³/mol. The van der Waals surface area contributed by atoms with Crippen LogP contribution in [0.15, 0.2) is 127 Å². The van der Waals surface area contributed by atoms with Gasteiger partial charge in [0.15, 0.2) is 0 Å². The van der Waals surface area contributed by atoms with Gasteiger partial charge in [-0.05, 0) is 48.3 Å². The molecule has 0 fully saturated rings. The van der Waals surface area contributed by atoms with Gasteiger partial charge in [-0.3, -0.25) is 4.79 Å². The highest BCUT2D eigenvalue weighted by Gasteiger charge is 2.16. The maximum absolute atomic E-state index is 11.9. The van der Waals surface area contributed by atoms with Gasteiger partial charge in [0, 0.05) is 6.08 Å². The summed E-state index contributed by atoms with van der Waals surface area (Å²) in [4.78, 5) is 23.4. The van der Waals surface area contributed by atoms with E-state index in [9.17, 15) is 9.59 Å². The molecule has 4 rings (SSSR count). The number of aryl methyl sites for hydroxylation is 1. The van der Waals surface area contributed by atoms with Crippen LogP contribution in [0.4, 0.5) is 0 Å². The topological polar surface area (TPSA) is 52.6 Å². The third-order valence-corrected chi connectivity index (χ3v) is 5.80. The van der Waals surface area contributed by atoms with E-state index in [0.717, 1.165) is 22.3 Å². The van der Waals surface area contributed by atoms with Gasteiger partial charge in [-0.15, -0.1) is 0 Å². The molecule has 1 atom stereocenters. The molecule has 0 aliphatic heterocycles. The van der Waals surface area contributed by atoms with E-state index in [1.54, 1.807) is 6.08 Å². The van der Waals surface area contributed by atoms with Crippen molar-refractivity contribution in [3.63, 3.8) is 0 Å². The molecule has 0 aromatic heterocycles. The number of benzene rings is 4. The second-order valence-corrected chi connectivity index (χ2v) is 8.91. The molecule has 0 saturated carbocycles. The molecule has 0 N–H and O–H groups in total. The molecular formula is C35H34O4. The SMILES string of the molecule is CC(C(=O)OCc1ccccc1)c1ccccc1.Cc1ccc(C=CC(=O)OCC=Cc2ccccc2)cc1. The van der Waals surface area contributed by atoms with E-state index >= 15 is 0 Å². The van der Waals surface area contributed by atoms with E-state index in [1.807, 2.05) is 141 Å². The number of ether oxygens (including phenoxy) is 2.